The Morgan fingerprint density at radius 2 is 1.90 bits per heavy atom. The molecule has 0 amide bonds. The summed E-state index contributed by atoms with van der Waals surface area (Å²) in [4.78, 5) is 0. The molecule has 20 heavy (non-hydrogen) atoms. The van der Waals surface area contributed by atoms with Crippen LogP contribution in [-0.4, -0.2) is 38.0 Å². The molecule has 3 nitrogen and oxygen atoms in total. The Morgan fingerprint density at radius 1 is 1.20 bits per heavy atom. The predicted molar refractivity (Wildman–Crippen MR) is 84.1 cm³/mol. The second-order valence-electron chi connectivity index (χ2n) is 5.78. The van der Waals surface area contributed by atoms with E-state index in [4.69, 9.17) is 9.84 Å². The van der Waals surface area contributed by atoms with Crippen LogP contribution in [-0.2, 0) is 17.6 Å². The lowest BCUT2D eigenvalue weighted by Gasteiger charge is -2.20. The molecule has 1 aromatic carbocycles. The molecule has 0 aliphatic heterocycles. The fourth-order valence-corrected chi connectivity index (χ4v) is 2.47. The average molecular weight is 279 g/mol. The van der Waals surface area contributed by atoms with E-state index in [9.17, 15) is 0 Å². The van der Waals surface area contributed by atoms with Gasteiger partial charge in [-0.2, -0.15) is 0 Å². The topological polar surface area (TPSA) is 41.5 Å². The summed E-state index contributed by atoms with van der Waals surface area (Å²) in [5.41, 5.74) is 2.53. The number of aliphatic hydroxyl groups excluding tert-OH is 1. The molecule has 0 unspecified atom stereocenters. The van der Waals surface area contributed by atoms with Crippen molar-refractivity contribution < 1.29 is 9.84 Å². The van der Waals surface area contributed by atoms with Gasteiger partial charge in [0.1, 0.15) is 0 Å². The van der Waals surface area contributed by atoms with Gasteiger partial charge in [0.15, 0.2) is 0 Å². The van der Waals surface area contributed by atoms with E-state index in [1.165, 1.54) is 11.1 Å². The van der Waals surface area contributed by atoms with Gasteiger partial charge in [-0.05, 0) is 42.9 Å². The van der Waals surface area contributed by atoms with Crippen LogP contribution in [0, 0.1) is 5.92 Å². The lowest BCUT2D eigenvalue weighted by molar-refractivity contribution is 0.157. The third-order valence-corrected chi connectivity index (χ3v) is 3.36. The van der Waals surface area contributed by atoms with E-state index in [0.717, 1.165) is 32.4 Å². The standard InChI is InChI=1S/C17H29NO2/c1-14(2)11-17(13-20-3)18-9-7-15-5-4-6-16(12-15)8-10-19/h4-6,12,14,17-19H,7-11,13H2,1-3H3/t17-/m0/s1. The van der Waals surface area contributed by atoms with Gasteiger partial charge in [0.05, 0.1) is 6.61 Å². The van der Waals surface area contributed by atoms with Gasteiger partial charge in [0.2, 0.25) is 0 Å². The van der Waals surface area contributed by atoms with Crippen LogP contribution >= 0.6 is 0 Å². The highest BCUT2D eigenvalue weighted by Crippen LogP contribution is 2.08. The van der Waals surface area contributed by atoms with Gasteiger partial charge in [-0.15, -0.1) is 0 Å². The monoisotopic (exact) mass is 279 g/mol. The maximum Gasteiger partial charge on any atom is 0.0615 e. The molecule has 114 valence electrons. The van der Waals surface area contributed by atoms with Crippen LogP contribution in [0.4, 0.5) is 0 Å². The second kappa shape index (κ2) is 9.92. The lowest BCUT2D eigenvalue weighted by Crippen LogP contribution is -2.35. The molecule has 0 saturated carbocycles. The Balaban J connectivity index is 2.39. The maximum absolute atomic E-state index is 8.98. The molecule has 3 heteroatoms. The third-order valence-electron chi connectivity index (χ3n) is 3.36. The molecule has 1 atom stereocenters. The molecule has 0 spiro atoms. The van der Waals surface area contributed by atoms with E-state index in [-0.39, 0.29) is 6.61 Å². The molecule has 0 heterocycles. The highest BCUT2D eigenvalue weighted by Gasteiger charge is 2.09. The Labute approximate surface area is 123 Å². The number of rotatable bonds is 10. The van der Waals surface area contributed by atoms with Gasteiger partial charge in [-0.3, -0.25) is 0 Å². The van der Waals surface area contributed by atoms with Gasteiger partial charge in [0.25, 0.3) is 0 Å². The van der Waals surface area contributed by atoms with E-state index in [0.29, 0.717) is 12.0 Å². The van der Waals surface area contributed by atoms with E-state index >= 15 is 0 Å². The number of benzene rings is 1. The number of hydrogen-bond acceptors (Lipinski definition) is 3. The van der Waals surface area contributed by atoms with E-state index in [2.05, 4.69) is 43.4 Å². The Morgan fingerprint density at radius 3 is 2.50 bits per heavy atom. The van der Waals surface area contributed by atoms with Crippen LogP contribution in [0.2, 0.25) is 0 Å². The van der Waals surface area contributed by atoms with E-state index in [1.807, 2.05) is 0 Å². The molecular weight excluding hydrogens is 250 g/mol. The van der Waals surface area contributed by atoms with Crippen LogP contribution in [0.3, 0.4) is 0 Å². The quantitative estimate of drug-likeness (QED) is 0.691. The lowest BCUT2D eigenvalue weighted by atomic mass is 10.0. The van der Waals surface area contributed by atoms with Gasteiger partial charge < -0.3 is 15.2 Å². The first-order valence-electron chi connectivity index (χ1n) is 7.56. The van der Waals surface area contributed by atoms with E-state index in [1.54, 1.807) is 7.11 Å². The largest absolute Gasteiger partial charge is 0.396 e. The minimum Gasteiger partial charge on any atom is -0.396 e. The average Bonchev–Trinajstić information content (AvgIpc) is 2.39. The first-order chi connectivity index (χ1) is 9.65. The molecule has 0 radical (unpaired) electrons. The van der Waals surface area contributed by atoms with Crippen molar-refractivity contribution in [2.45, 2.75) is 39.2 Å². The first kappa shape index (κ1) is 17.2. The summed E-state index contributed by atoms with van der Waals surface area (Å²) < 4.78 is 5.27. The normalized spacial score (nSPS) is 12.8. The van der Waals surface area contributed by atoms with Gasteiger partial charge in [0, 0.05) is 19.8 Å². The third kappa shape index (κ3) is 7.04. The van der Waals surface area contributed by atoms with E-state index < -0.39 is 0 Å². The number of ether oxygens (including phenoxy) is 1. The Bertz CT molecular complexity index is 366. The van der Waals surface area contributed by atoms with Gasteiger partial charge in [-0.25, -0.2) is 0 Å². The van der Waals surface area contributed by atoms with Crippen LogP contribution in [0.15, 0.2) is 24.3 Å². The highest BCUT2D eigenvalue weighted by atomic mass is 16.5. The smallest absolute Gasteiger partial charge is 0.0615 e. The van der Waals surface area contributed by atoms with Crippen molar-refractivity contribution in [2.75, 3.05) is 26.9 Å². The zero-order valence-corrected chi connectivity index (χ0v) is 13.1. The SMILES string of the molecule is COC[C@H](CC(C)C)NCCc1cccc(CCO)c1. The summed E-state index contributed by atoms with van der Waals surface area (Å²) in [6.07, 6.45) is 2.89. The van der Waals surface area contributed by atoms with Crippen LogP contribution in [0.1, 0.15) is 31.4 Å². The van der Waals surface area contributed by atoms with Crippen molar-refractivity contribution in [2.24, 2.45) is 5.92 Å². The number of nitrogens with one attached hydrogen (secondary N) is 1. The molecule has 2 N–H and O–H groups in total. The van der Waals surface area contributed by atoms with Gasteiger partial charge in [-0.1, -0.05) is 38.1 Å². The van der Waals surface area contributed by atoms with Gasteiger partial charge >= 0.3 is 0 Å². The molecule has 1 rings (SSSR count). The summed E-state index contributed by atoms with van der Waals surface area (Å²) in [6, 6.07) is 8.91. The number of aliphatic hydroxyl groups is 1. The zero-order valence-electron chi connectivity index (χ0n) is 13.1. The first-order valence-corrected chi connectivity index (χ1v) is 7.56. The minimum atomic E-state index is 0.214. The highest BCUT2D eigenvalue weighted by molar-refractivity contribution is 5.23. The van der Waals surface area contributed by atoms with Crippen molar-refractivity contribution in [3.05, 3.63) is 35.4 Å². The number of hydrogen-bond donors (Lipinski definition) is 2. The summed E-state index contributed by atoms with van der Waals surface area (Å²) in [7, 11) is 1.76. The second-order valence-corrected chi connectivity index (χ2v) is 5.78. The summed E-state index contributed by atoms with van der Waals surface area (Å²) in [6.45, 7) is 6.42. The van der Waals surface area contributed by atoms with Crippen molar-refractivity contribution in [1.82, 2.24) is 5.32 Å². The molecular formula is C17H29NO2. The fraction of sp³-hybridized carbons (Fsp3) is 0.647. The van der Waals surface area contributed by atoms with Crippen molar-refractivity contribution >= 4 is 0 Å². The molecule has 0 fully saturated rings. The molecule has 0 aromatic heterocycles. The summed E-state index contributed by atoms with van der Waals surface area (Å²) in [5, 5.41) is 12.6. The summed E-state index contributed by atoms with van der Waals surface area (Å²) >= 11 is 0. The van der Waals surface area contributed by atoms with Crippen molar-refractivity contribution in [3.8, 4) is 0 Å². The molecule has 0 aliphatic carbocycles. The zero-order chi connectivity index (χ0) is 14.8. The fourth-order valence-electron chi connectivity index (χ4n) is 2.47. The Kier molecular flexibility index (Phi) is 8.51. The molecule has 1 aromatic rings. The van der Waals surface area contributed by atoms with Crippen molar-refractivity contribution in [1.29, 1.82) is 0 Å². The number of methoxy groups -OCH3 is 1. The Hall–Kier alpha value is -0.900. The molecule has 0 saturated heterocycles. The van der Waals surface area contributed by atoms with Crippen LogP contribution in [0.5, 0.6) is 0 Å². The van der Waals surface area contributed by atoms with Crippen LogP contribution < -0.4 is 5.32 Å². The predicted octanol–water partition coefficient (Wildman–Crippen LogP) is 2.41. The maximum atomic E-state index is 8.98. The molecule has 0 bridgehead atoms. The van der Waals surface area contributed by atoms with Crippen LogP contribution in [0.25, 0.3) is 0 Å². The minimum absolute atomic E-state index is 0.214. The summed E-state index contributed by atoms with van der Waals surface area (Å²) in [5.74, 6) is 0.676. The van der Waals surface area contributed by atoms with Crippen molar-refractivity contribution in [3.63, 3.8) is 0 Å². The molecule has 0 aliphatic rings.